The van der Waals surface area contributed by atoms with Crippen LogP contribution in [0.5, 0.6) is 0 Å². The number of hydrogen-bond acceptors (Lipinski definition) is 6. The van der Waals surface area contributed by atoms with E-state index in [2.05, 4.69) is 5.48 Å². The Kier molecular flexibility index (Phi) is 5.55. The number of benzene rings is 1. The van der Waals surface area contributed by atoms with Crippen molar-refractivity contribution in [3.63, 3.8) is 0 Å². The molecule has 3 rings (SSSR count). The first-order valence-electron chi connectivity index (χ1n) is 8.67. The third-order valence-corrected chi connectivity index (χ3v) is 8.65. The number of alkyl halides is 6. The van der Waals surface area contributed by atoms with Gasteiger partial charge in [0.25, 0.3) is 0 Å². The lowest BCUT2D eigenvalue weighted by molar-refractivity contribution is -0.0462. The molecule has 1 N–H and O–H groups in total. The van der Waals surface area contributed by atoms with Gasteiger partial charge in [-0.2, -0.15) is 43.2 Å². The van der Waals surface area contributed by atoms with Gasteiger partial charge in [-0.15, -0.1) is 9.19 Å². The number of rotatable bonds is 4. The van der Waals surface area contributed by atoms with Crippen LogP contribution in [0.3, 0.4) is 0 Å². The van der Waals surface area contributed by atoms with Crippen molar-refractivity contribution in [1.82, 2.24) is 5.48 Å². The molecular formula is C16H16F6N2O5S2. The predicted octanol–water partition coefficient (Wildman–Crippen LogP) is 3.68. The van der Waals surface area contributed by atoms with Gasteiger partial charge in [0.2, 0.25) is 0 Å². The Morgan fingerprint density at radius 1 is 0.968 bits per heavy atom. The van der Waals surface area contributed by atoms with Crippen molar-refractivity contribution >= 4 is 25.7 Å². The molecule has 0 spiro atoms. The molecule has 2 aliphatic rings. The third-order valence-electron chi connectivity index (χ3n) is 5.03. The van der Waals surface area contributed by atoms with E-state index < -0.39 is 52.1 Å². The van der Waals surface area contributed by atoms with E-state index in [-0.39, 0.29) is 11.5 Å². The summed E-state index contributed by atoms with van der Waals surface area (Å²) >= 11 is 0. The van der Waals surface area contributed by atoms with Gasteiger partial charge in [-0.1, -0.05) is 6.07 Å². The Morgan fingerprint density at radius 3 is 2.03 bits per heavy atom. The molecule has 2 unspecified atom stereocenters. The molecular weight excluding hydrogens is 478 g/mol. The van der Waals surface area contributed by atoms with Crippen molar-refractivity contribution in [2.45, 2.75) is 43.7 Å². The summed E-state index contributed by atoms with van der Waals surface area (Å²) in [7, 11) is -13.9. The van der Waals surface area contributed by atoms with Crippen LogP contribution in [0, 0.1) is 19.8 Å². The van der Waals surface area contributed by atoms with Crippen molar-refractivity contribution in [2.75, 3.05) is 3.71 Å². The molecule has 1 aromatic rings. The second-order valence-electron chi connectivity index (χ2n) is 7.08. The fraction of sp³-hybridized carbons (Fsp3) is 0.500. The van der Waals surface area contributed by atoms with Crippen molar-refractivity contribution in [1.29, 1.82) is 0 Å². The number of nitrogens with zero attached hydrogens (tertiary/aromatic N) is 1. The van der Waals surface area contributed by atoms with E-state index in [0.717, 1.165) is 13.0 Å². The molecule has 1 aliphatic heterocycles. The van der Waals surface area contributed by atoms with Crippen LogP contribution in [-0.2, 0) is 24.9 Å². The Labute approximate surface area is 173 Å². The molecule has 0 aromatic heterocycles. The monoisotopic (exact) mass is 494 g/mol. The quantitative estimate of drug-likeness (QED) is 0.643. The van der Waals surface area contributed by atoms with E-state index in [1.54, 1.807) is 6.08 Å². The maximum Gasteiger partial charge on any atom is 0.517 e. The van der Waals surface area contributed by atoms with E-state index in [9.17, 15) is 43.2 Å². The van der Waals surface area contributed by atoms with Crippen LogP contribution < -0.4 is 9.19 Å². The third kappa shape index (κ3) is 3.75. The summed E-state index contributed by atoms with van der Waals surface area (Å²) < 4.78 is 125. The SMILES string of the molecule is Cc1cc(C)c(N(S(=O)(=O)C(F)(F)F)S(=O)(=O)C(F)(F)F)cc1C1NOC2=CCCC21. The summed E-state index contributed by atoms with van der Waals surface area (Å²) in [6.07, 6.45) is 2.96. The number of anilines is 1. The van der Waals surface area contributed by atoms with Gasteiger partial charge >= 0.3 is 31.1 Å². The predicted molar refractivity (Wildman–Crippen MR) is 96.1 cm³/mol. The molecule has 15 heteroatoms. The van der Waals surface area contributed by atoms with Gasteiger partial charge in [-0.3, -0.25) is 0 Å². The van der Waals surface area contributed by atoms with Crippen LogP contribution in [-0.4, -0.2) is 27.9 Å². The van der Waals surface area contributed by atoms with Crippen LogP contribution in [0.2, 0.25) is 0 Å². The van der Waals surface area contributed by atoms with Gasteiger partial charge in [0, 0.05) is 5.92 Å². The zero-order chi connectivity index (χ0) is 23.6. The highest BCUT2D eigenvalue weighted by atomic mass is 32.3. The van der Waals surface area contributed by atoms with Crippen LogP contribution in [0.1, 0.15) is 35.6 Å². The van der Waals surface area contributed by atoms with Gasteiger partial charge in [0.15, 0.2) is 0 Å². The zero-order valence-corrected chi connectivity index (χ0v) is 17.5. The van der Waals surface area contributed by atoms with Crippen molar-refractivity contribution in [3.05, 3.63) is 40.7 Å². The first-order valence-corrected chi connectivity index (χ1v) is 11.5. The normalized spacial score (nSPS) is 22.1. The average molecular weight is 494 g/mol. The minimum Gasteiger partial charge on any atom is -0.413 e. The summed E-state index contributed by atoms with van der Waals surface area (Å²) in [5.41, 5.74) is -11.2. The molecule has 31 heavy (non-hydrogen) atoms. The van der Waals surface area contributed by atoms with Gasteiger partial charge in [-0.05, 0) is 55.5 Å². The van der Waals surface area contributed by atoms with Crippen LogP contribution in [0.4, 0.5) is 32.0 Å². The largest absolute Gasteiger partial charge is 0.517 e. The topological polar surface area (TPSA) is 92.8 Å². The lowest BCUT2D eigenvalue weighted by Gasteiger charge is -2.28. The fourth-order valence-corrected chi connectivity index (χ4v) is 6.43. The molecule has 1 heterocycles. The first-order chi connectivity index (χ1) is 14.0. The highest BCUT2D eigenvalue weighted by Gasteiger charge is 2.62. The van der Waals surface area contributed by atoms with E-state index in [1.807, 2.05) is 0 Å². The number of allylic oxidation sites excluding steroid dienone is 1. The van der Waals surface area contributed by atoms with Crippen molar-refractivity contribution in [3.8, 4) is 0 Å². The lowest BCUT2D eigenvalue weighted by Crippen LogP contribution is -2.49. The van der Waals surface area contributed by atoms with Gasteiger partial charge in [0.05, 0.1) is 11.7 Å². The maximum atomic E-state index is 13.2. The summed E-state index contributed by atoms with van der Waals surface area (Å²) in [5, 5.41) is 0. The molecule has 0 bridgehead atoms. The van der Waals surface area contributed by atoms with Crippen molar-refractivity contribution in [2.24, 2.45) is 5.92 Å². The van der Waals surface area contributed by atoms with Crippen LogP contribution >= 0.6 is 0 Å². The second kappa shape index (κ2) is 7.27. The number of sulfonamides is 2. The number of nitrogens with one attached hydrogen (secondary N) is 1. The smallest absolute Gasteiger partial charge is 0.413 e. The number of aryl methyl sites for hydroxylation is 2. The number of hydrogen-bond donors (Lipinski definition) is 1. The van der Waals surface area contributed by atoms with Crippen LogP contribution in [0.25, 0.3) is 0 Å². The second-order valence-corrected chi connectivity index (χ2v) is 10.9. The summed E-state index contributed by atoms with van der Waals surface area (Å²) in [5.74, 6) is 0.246. The molecule has 1 fully saturated rings. The highest BCUT2D eigenvalue weighted by Crippen LogP contribution is 2.45. The van der Waals surface area contributed by atoms with E-state index in [0.29, 0.717) is 30.2 Å². The van der Waals surface area contributed by atoms with Crippen LogP contribution in [0.15, 0.2) is 24.0 Å². The average Bonchev–Trinajstić information content (AvgIpc) is 3.18. The van der Waals surface area contributed by atoms with Gasteiger partial charge < -0.3 is 4.84 Å². The maximum absolute atomic E-state index is 13.2. The fourth-order valence-electron chi connectivity index (χ4n) is 3.61. The number of halogens is 6. The molecule has 174 valence electrons. The summed E-state index contributed by atoms with van der Waals surface area (Å²) in [6, 6.07) is 1.10. The molecule has 7 nitrogen and oxygen atoms in total. The number of hydroxylamine groups is 1. The zero-order valence-electron chi connectivity index (χ0n) is 15.9. The summed E-state index contributed by atoms with van der Waals surface area (Å²) in [6.45, 7) is 2.52. The van der Waals surface area contributed by atoms with E-state index >= 15 is 0 Å². The molecule has 1 aromatic carbocycles. The molecule has 0 radical (unpaired) electrons. The highest BCUT2D eigenvalue weighted by molar-refractivity contribution is 8.11. The summed E-state index contributed by atoms with van der Waals surface area (Å²) in [4.78, 5) is 5.27. The van der Waals surface area contributed by atoms with Gasteiger partial charge in [0.1, 0.15) is 5.76 Å². The first kappa shape index (κ1) is 23.7. The van der Waals surface area contributed by atoms with E-state index in [1.165, 1.54) is 6.92 Å². The molecule has 0 amide bonds. The molecule has 1 aliphatic carbocycles. The van der Waals surface area contributed by atoms with E-state index in [4.69, 9.17) is 4.84 Å². The Morgan fingerprint density at radius 2 is 1.52 bits per heavy atom. The minimum absolute atomic E-state index is 0.107. The molecule has 0 saturated carbocycles. The number of fused-ring (bicyclic) bond motifs is 1. The Hall–Kier alpha value is -2.00. The van der Waals surface area contributed by atoms with Crippen molar-refractivity contribution < 1.29 is 48.0 Å². The Bertz CT molecular complexity index is 1100. The lowest BCUT2D eigenvalue weighted by atomic mass is 9.89. The van der Waals surface area contributed by atoms with Gasteiger partial charge in [-0.25, -0.2) is 0 Å². The standard InChI is InChI=1S/C16H16F6N2O5S2/c1-8-6-9(2)12(7-11(8)14-10-4-3-5-13(10)29-23-14)24(30(25,26)15(17,18)19)31(27,28)16(20,21)22/h5-7,10,14,23H,3-4H2,1-2H3. The minimum atomic E-state index is -6.96. The Balaban J connectivity index is 2.27. The molecule has 1 saturated heterocycles. The molecule has 2 atom stereocenters.